The molecule has 0 fully saturated rings. The van der Waals surface area contributed by atoms with Gasteiger partial charge in [-0.05, 0) is 35.9 Å². The Morgan fingerprint density at radius 1 is 0.871 bits per heavy atom. The number of hydrogen-bond donors (Lipinski definition) is 1. The molecule has 0 aliphatic heterocycles. The number of amides is 1. The zero-order valence-electron chi connectivity index (χ0n) is 16.4. The van der Waals surface area contributed by atoms with E-state index >= 15 is 0 Å². The molecule has 1 unspecified atom stereocenters. The van der Waals surface area contributed by atoms with Crippen LogP contribution >= 0.6 is 0 Å². The van der Waals surface area contributed by atoms with E-state index in [2.05, 4.69) is 5.32 Å². The van der Waals surface area contributed by atoms with Gasteiger partial charge in [0.15, 0.2) is 6.61 Å². The monoisotopic (exact) mass is 423 g/mol. The fourth-order valence-electron chi connectivity index (χ4n) is 2.90. The van der Waals surface area contributed by atoms with Gasteiger partial charge in [0.1, 0.15) is 17.7 Å². The molecule has 0 bridgehead atoms. The lowest BCUT2D eigenvalue weighted by Crippen LogP contribution is -2.43. The van der Waals surface area contributed by atoms with Crippen molar-refractivity contribution in [1.29, 1.82) is 0 Å². The molecular formula is C24H19F2NO4. The number of Topliss-reactive ketones (excluding diaryl/α,β-unsaturated/α-hetero) is 1. The first kappa shape index (κ1) is 21.8. The maximum absolute atomic E-state index is 13.8. The molecule has 0 spiro atoms. The number of rotatable bonds is 8. The zero-order valence-corrected chi connectivity index (χ0v) is 16.4. The van der Waals surface area contributed by atoms with E-state index in [0.29, 0.717) is 5.56 Å². The molecule has 5 nitrogen and oxygen atoms in total. The summed E-state index contributed by atoms with van der Waals surface area (Å²) >= 11 is 0. The van der Waals surface area contributed by atoms with Gasteiger partial charge >= 0.3 is 5.97 Å². The van der Waals surface area contributed by atoms with E-state index in [9.17, 15) is 23.2 Å². The predicted octanol–water partition coefficient (Wildman–Crippen LogP) is 3.73. The Hall–Kier alpha value is -3.87. The average Bonchev–Trinajstić information content (AvgIpc) is 2.79. The van der Waals surface area contributed by atoms with Crippen LogP contribution in [0.1, 0.15) is 26.3 Å². The predicted molar refractivity (Wildman–Crippen MR) is 109 cm³/mol. The van der Waals surface area contributed by atoms with E-state index < -0.39 is 47.5 Å². The van der Waals surface area contributed by atoms with Crippen LogP contribution in [-0.4, -0.2) is 30.3 Å². The number of halogens is 2. The molecule has 1 N–H and O–H groups in total. The van der Waals surface area contributed by atoms with Crippen molar-refractivity contribution in [3.63, 3.8) is 0 Å². The maximum Gasteiger partial charge on any atom is 0.329 e. The minimum Gasteiger partial charge on any atom is -0.456 e. The smallest absolute Gasteiger partial charge is 0.329 e. The first-order chi connectivity index (χ1) is 14.9. The molecule has 0 heterocycles. The van der Waals surface area contributed by atoms with Crippen LogP contribution in [0, 0.1) is 11.6 Å². The third-order valence-corrected chi connectivity index (χ3v) is 4.48. The highest BCUT2D eigenvalue weighted by Gasteiger charge is 2.25. The summed E-state index contributed by atoms with van der Waals surface area (Å²) in [7, 11) is 0. The van der Waals surface area contributed by atoms with Gasteiger partial charge in [-0.25, -0.2) is 13.6 Å². The summed E-state index contributed by atoms with van der Waals surface area (Å²) in [6, 6.07) is 18.6. The number of ether oxygens (including phenoxy) is 1. The molecule has 3 rings (SSSR count). The minimum absolute atomic E-state index is 0.126. The zero-order chi connectivity index (χ0) is 22.2. The lowest BCUT2D eigenvalue weighted by molar-refractivity contribution is -0.144. The van der Waals surface area contributed by atoms with Crippen molar-refractivity contribution in [3.8, 4) is 0 Å². The molecule has 31 heavy (non-hydrogen) atoms. The standard InChI is InChI=1S/C24H19F2NO4/c25-18-11-12-20(26)19(14-18)22(28)15-31-24(30)21(13-16-7-3-1-4-8-16)27-23(29)17-9-5-2-6-10-17/h1-12,14,21H,13,15H2,(H,27,29). The highest BCUT2D eigenvalue weighted by atomic mass is 19.1. The number of benzene rings is 3. The number of hydrogen-bond acceptors (Lipinski definition) is 4. The van der Waals surface area contributed by atoms with Gasteiger partial charge in [0.05, 0.1) is 5.56 Å². The highest BCUT2D eigenvalue weighted by Crippen LogP contribution is 2.12. The van der Waals surface area contributed by atoms with E-state index in [-0.39, 0.29) is 6.42 Å². The molecule has 158 valence electrons. The van der Waals surface area contributed by atoms with E-state index in [1.807, 2.05) is 6.07 Å². The first-order valence-electron chi connectivity index (χ1n) is 9.49. The van der Waals surface area contributed by atoms with Gasteiger partial charge < -0.3 is 10.1 Å². The van der Waals surface area contributed by atoms with Gasteiger partial charge in [-0.15, -0.1) is 0 Å². The Labute approximate surface area is 177 Å². The van der Waals surface area contributed by atoms with Crippen LogP contribution in [0.25, 0.3) is 0 Å². The fraction of sp³-hybridized carbons (Fsp3) is 0.125. The van der Waals surface area contributed by atoms with Crippen molar-refractivity contribution >= 4 is 17.7 Å². The molecular weight excluding hydrogens is 404 g/mol. The molecule has 0 aliphatic rings. The summed E-state index contributed by atoms with van der Waals surface area (Å²) in [4.78, 5) is 37.3. The molecule has 0 saturated heterocycles. The highest BCUT2D eigenvalue weighted by molar-refractivity contribution is 5.99. The van der Waals surface area contributed by atoms with Crippen molar-refractivity contribution in [2.45, 2.75) is 12.5 Å². The second kappa shape index (κ2) is 10.2. The molecule has 7 heteroatoms. The Bertz CT molecular complexity index is 1070. The molecule has 0 saturated carbocycles. The lowest BCUT2D eigenvalue weighted by Gasteiger charge is -2.18. The second-order valence-corrected chi connectivity index (χ2v) is 6.74. The third-order valence-electron chi connectivity index (χ3n) is 4.48. The lowest BCUT2D eigenvalue weighted by atomic mass is 10.1. The average molecular weight is 423 g/mol. The SMILES string of the molecule is O=C(NC(Cc1ccccc1)C(=O)OCC(=O)c1cc(F)ccc1F)c1ccccc1. The largest absolute Gasteiger partial charge is 0.456 e. The van der Waals surface area contributed by atoms with Crippen molar-refractivity contribution in [1.82, 2.24) is 5.32 Å². The van der Waals surface area contributed by atoms with E-state index in [1.54, 1.807) is 54.6 Å². The summed E-state index contributed by atoms with van der Waals surface area (Å²) in [5, 5.41) is 2.61. The Balaban J connectivity index is 1.71. The third kappa shape index (κ3) is 6.05. The second-order valence-electron chi connectivity index (χ2n) is 6.74. The van der Waals surface area contributed by atoms with E-state index in [4.69, 9.17) is 4.74 Å². The van der Waals surface area contributed by atoms with E-state index in [1.165, 1.54) is 0 Å². The summed E-state index contributed by atoms with van der Waals surface area (Å²) in [6.45, 7) is -0.786. The first-order valence-corrected chi connectivity index (χ1v) is 9.49. The molecule has 0 radical (unpaired) electrons. The molecule has 1 atom stereocenters. The van der Waals surface area contributed by atoms with Crippen LogP contribution < -0.4 is 5.32 Å². The molecule has 3 aromatic rings. The van der Waals surface area contributed by atoms with Crippen LogP contribution in [-0.2, 0) is 16.0 Å². The quantitative estimate of drug-likeness (QED) is 0.443. The number of carbonyl (C=O) groups excluding carboxylic acids is 3. The molecule has 0 aromatic heterocycles. The Morgan fingerprint density at radius 2 is 1.52 bits per heavy atom. The normalized spacial score (nSPS) is 11.4. The fourth-order valence-corrected chi connectivity index (χ4v) is 2.90. The maximum atomic E-state index is 13.8. The van der Waals surface area contributed by atoms with Gasteiger partial charge in [0, 0.05) is 12.0 Å². The summed E-state index contributed by atoms with van der Waals surface area (Å²) in [6.07, 6.45) is 0.126. The number of esters is 1. The van der Waals surface area contributed by atoms with Crippen LogP contribution in [0.3, 0.4) is 0 Å². The molecule has 3 aromatic carbocycles. The van der Waals surface area contributed by atoms with Gasteiger partial charge in [-0.2, -0.15) is 0 Å². The Kier molecular flexibility index (Phi) is 7.22. The van der Waals surface area contributed by atoms with Crippen LogP contribution in [0.5, 0.6) is 0 Å². The number of ketones is 1. The van der Waals surface area contributed by atoms with Gasteiger partial charge in [0.2, 0.25) is 5.78 Å². The molecule has 0 aliphatic carbocycles. The van der Waals surface area contributed by atoms with Crippen molar-refractivity contribution < 1.29 is 27.9 Å². The number of carbonyl (C=O) groups is 3. The van der Waals surface area contributed by atoms with Gasteiger partial charge in [0.25, 0.3) is 5.91 Å². The molecule has 1 amide bonds. The van der Waals surface area contributed by atoms with Crippen LogP contribution in [0.4, 0.5) is 8.78 Å². The van der Waals surface area contributed by atoms with Gasteiger partial charge in [-0.1, -0.05) is 48.5 Å². The van der Waals surface area contributed by atoms with Crippen molar-refractivity contribution in [2.24, 2.45) is 0 Å². The van der Waals surface area contributed by atoms with Crippen LogP contribution in [0.15, 0.2) is 78.9 Å². The van der Waals surface area contributed by atoms with E-state index in [0.717, 1.165) is 23.8 Å². The minimum atomic E-state index is -1.08. The Morgan fingerprint density at radius 3 is 2.19 bits per heavy atom. The van der Waals surface area contributed by atoms with Crippen molar-refractivity contribution in [3.05, 3.63) is 107 Å². The summed E-state index contributed by atoms with van der Waals surface area (Å²) in [5.41, 5.74) is 0.604. The topological polar surface area (TPSA) is 72.5 Å². The van der Waals surface area contributed by atoms with Gasteiger partial charge in [-0.3, -0.25) is 9.59 Å². The van der Waals surface area contributed by atoms with Crippen LogP contribution in [0.2, 0.25) is 0 Å². The van der Waals surface area contributed by atoms with Crippen molar-refractivity contribution in [2.75, 3.05) is 6.61 Å². The summed E-state index contributed by atoms with van der Waals surface area (Å²) < 4.78 is 32.1. The summed E-state index contributed by atoms with van der Waals surface area (Å²) in [5.74, 6) is -3.94. The number of nitrogens with one attached hydrogen (secondary N) is 1.